The molecule has 1 aliphatic rings. The smallest absolute Gasteiger partial charge is 0.0549 e. The van der Waals surface area contributed by atoms with Crippen LogP contribution in [0.4, 0.5) is 0 Å². The summed E-state index contributed by atoms with van der Waals surface area (Å²) >= 11 is 10.7. The summed E-state index contributed by atoms with van der Waals surface area (Å²) in [5.41, 5.74) is 0. The maximum absolute atomic E-state index is 5.35. The lowest BCUT2D eigenvalue weighted by atomic mass is 11.0. The van der Waals surface area contributed by atoms with Crippen LogP contribution in [-0.4, -0.2) is 10.8 Å². The van der Waals surface area contributed by atoms with Crippen molar-refractivity contribution in [2.75, 3.05) is 0 Å². The molecule has 2 heteroatoms. The lowest BCUT2D eigenvalue weighted by Gasteiger charge is -1.61. The molecule has 5 heavy (non-hydrogen) atoms. The van der Waals surface area contributed by atoms with Gasteiger partial charge in [-0.15, -0.1) is 23.2 Å². The summed E-state index contributed by atoms with van der Waals surface area (Å²) in [6, 6.07) is 0. The number of rotatable bonds is 0. The van der Waals surface area contributed by atoms with E-state index in [0.29, 0.717) is 0 Å². The molecule has 0 heterocycles. The highest BCUT2D eigenvalue weighted by atomic mass is 35.5. The zero-order valence-electron chi connectivity index (χ0n) is 2.49. The van der Waals surface area contributed by atoms with Crippen LogP contribution >= 0.6 is 23.2 Å². The lowest BCUT2D eigenvalue weighted by Crippen LogP contribution is -1.63. The van der Waals surface area contributed by atoms with Crippen molar-refractivity contribution in [1.82, 2.24) is 0 Å². The maximum atomic E-state index is 5.35. The molecule has 0 N–H and O–H groups in total. The molecule has 0 bridgehead atoms. The largest absolute Gasteiger partial charge is 0.121 e. The molecule has 0 aromatic heterocycles. The molecule has 1 rings (SSSR count). The van der Waals surface area contributed by atoms with Crippen molar-refractivity contribution < 1.29 is 0 Å². The van der Waals surface area contributed by atoms with E-state index in [1.165, 1.54) is 0 Å². The van der Waals surface area contributed by atoms with E-state index < -0.39 is 0 Å². The van der Waals surface area contributed by atoms with Gasteiger partial charge in [-0.3, -0.25) is 0 Å². The molecule has 0 aromatic carbocycles. The summed E-state index contributed by atoms with van der Waals surface area (Å²) in [5.74, 6) is 0. The van der Waals surface area contributed by atoms with E-state index >= 15 is 0 Å². The normalized spacial score (nSPS) is 49.2. The average Bonchev–Trinajstić information content (AvgIpc) is 1.79. The third kappa shape index (κ3) is 0.704. The second kappa shape index (κ2) is 1.02. The maximum Gasteiger partial charge on any atom is 0.0549 e. The van der Waals surface area contributed by atoms with Gasteiger partial charge in [0.1, 0.15) is 0 Å². The van der Waals surface area contributed by atoms with Gasteiger partial charge < -0.3 is 0 Å². The van der Waals surface area contributed by atoms with Crippen molar-refractivity contribution >= 4 is 23.2 Å². The standard InChI is InChI=1S/C3H3Cl2/c4-2-1-3(2)5/h1-3H. The van der Waals surface area contributed by atoms with Gasteiger partial charge in [-0.05, 0) is 0 Å². The van der Waals surface area contributed by atoms with Gasteiger partial charge in [0.2, 0.25) is 0 Å². The van der Waals surface area contributed by atoms with Crippen LogP contribution in [0.5, 0.6) is 0 Å². The molecule has 1 saturated carbocycles. The first-order valence-corrected chi connectivity index (χ1v) is 2.31. The van der Waals surface area contributed by atoms with Crippen LogP contribution in [-0.2, 0) is 0 Å². The van der Waals surface area contributed by atoms with Gasteiger partial charge in [0.15, 0.2) is 0 Å². The highest BCUT2D eigenvalue weighted by molar-refractivity contribution is 6.36. The number of hydrogen-bond acceptors (Lipinski definition) is 0. The Bertz CT molecular complexity index is 38.2. The van der Waals surface area contributed by atoms with Crippen molar-refractivity contribution in [1.29, 1.82) is 0 Å². The summed E-state index contributed by atoms with van der Waals surface area (Å²) in [5, 5.41) is 0.327. The van der Waals surface area contributed by atoms with Crippen LogP contribution in [0.3, 0.4) is 0 Å². The molecule has 0 spiro atoms. The molecule has 0 amide bonds. The van der Waals surface area contributed by atoms with Crippen LogP contribution in [0.15, 0.2) is 0 Å². The number of hydrogen-bond donors (Lipinski definition) is 0. The third-order valence-corrected chi connectivity index (χ3v) is 1.49. The molecular weight excluding hydrogens is 107 g/mol. The van der Waals surface area contributed by atoms with Crippen molar-refractivity contribution in [2.45, 2.75) is 10.8 Å². The fraction of sp³-hybridized carbons (Fsp3) is 0.667. The van der Waals surface area contributed by atoms with Gasteiger partial charge in [-0.2, -0.15) is 0 Å². The zero-order chi connectivity index (χ0) is 3.86. The number of alkyl halides is 2. The fourth-order valence-electron chi connectivity index (χ4n) is 0.111. The van der Waals surface area contributed by atoms with E-state index in [2.05, 4.69) is 0 Å². The minimum atomic E-state index is 0.164. The van der Waals surface area contributed by atoms with Gasteiger partial charge >= 0.3 is 0 Å². The Hall–Kier alpha value is 0.580. The second-order valence-electron chi connectivity index (χ2n) is 1.08. The lowest BCUT2D eigenvalue weighted by molar-refractivity contribution is 1.50. The van der Waals surface area contributed by atoms with Crippen molar-refractivity contribution in [2.24, 2.45) is 0 Å². The van der Waals surface area contributed by atoms with Gasteiger partial charge in [-0.1, -0.05) is 0 Å². The Labute approximate surface area is 41.1 Å². The van der Waals surface area contributed by atoms with Gasteiger partial charge in [0.25, 0.3) is 0 Å². The SMILES string of the molecule is ClC1[CH]C1Cl. The Kier molecular flexibility index (Phi) is 0.768. The topological polar surface area (TPSA) is 0 Å². The van der Waals surface area contributed by atoms with Crippen LogP contribution in [0, 0.1) is 6.42 Å². The van der Waals surface area contributed by atoms with E-state index in [-0.39, 0.29) is 10.8 Å². The highest BCUT2D eigenvalue weighted by Gasteiger charge is 2.33. The summed E-state index contributed by atoms with van der Waals surface area (Å²) in [6.45, 7) is 0. The molecule has 1 aliphatic carbocycles. The zero-order valence-corrected chi connectivity index (χ0v) is 4.00. The van der Waals surface area contributed by atoms with E-state index in [1.807, 2.05) is 6.42 Å². The molecule has 1 radical (unpaired) electrons. The molecule has 0 aromatic rings. The molecule has 0 aliphatic heterocycles. The quantitative estimate of drug-likeness (QED) is 0.413. The van der Waals surface area contributed by atoms with Crippen LogP contribution in [0.2, 0.25) is 0 Å². The van der Waals surface area contributed by atoms with E-state index in [0.717, 1.165) is 0 Å². The Morgan fingerprint density at radius 3 is 1.40 bits per heavy atom. The minimum Gasteiger partial charge on any atom is -0.121 e. The second-order valence-corrected chi connectivity index (χ2v) is 2.09. The molecule has 2 atom stereocenters. The summed E-state index contributed by atoms with van der Waals surface area (Å²) in [6.07, 6.45) is 1.86. The van der Waals surface area contributed by atoms with Crippen LogP contribution in [0.1, 0.15) is 0 Å². The predicted molar refractivity (Wildman–Crippen MR) is 23.6 cm³/mol. The molecule has 29 valence electrons. The molecule has 0 saturated heterocycles. The van der Waals surface area contributed by atoms with Crippen molar-refractivity contribution in [3.05, 3.63) is 6.42 Å². The molecule has 0 nitrogen and oxygen atoms in total. The first-order valence-electron chi connectivity index (χ1n) is 1.44. The Morgan fingerprint density at radius 1 is 1.20 bits per heavy atom. The van der Waals surface area contributed by atoms with Crippen LogP contribution < -0.4 is 0 Å². The molecular formula is C3H3Cl2. The number of halogens is 2. The first kappa shape index (κ1) is 3.76. The molecule has 2 unspecified atom stereocenters. The van der Waals surface area contributed by atoms with E-state index in [9.17, 15) is 0 Å². The van der Waals surface area contributed by atoms with Crippen LogP contribution in [0.25, 0.3) is 0 Å². The van der Waals surface area contributed by atoms with E-state index in [1.54, 1.807) is 0 Å². The summed E-state index contributed by atoms with van der Waals surface area (Å²) in [7, 11) is 0. The van der Waals surface area contributed by atoms with Gasteiger partial charge in [0.05, 0.1) is 10.8 Å². The first-order chi connectivity index (χ1) is 2.30. The van der Waals surface area contributed by atoms with Gasteiger partial charge in [0, 0.05) is 6.42 Å². The highest BCUT2D eigenvalue weighted by Crippen LogP contribution is 2.31. The monoisotopic (exact) mass is 109 g/mol. The summed E-state index contributed by atoms with van der Waals surface area (Å²) in [4.78, 5) is 0. The Balaban J connectivity index is 2.20. The fourth-order valence-corrected chi connectivity index (χ4v) is 0.499. The molecule has 1 fully saturated rings. The van der Waals surface area contributed by atoms with Crippen molar-refractivity contribution in [3.8, 4) is 0 Å². The van der Waals surface area contributed by atoms with Crippen molar-refractivity contribution in [3.63, 3.8) is 0 Å². The summed E-state index contributed by atoms with van der Waals surface area (Å²) < 4.78 is 0. The van der Waals surface area contributed by atoms with E-state index in [4.69, 9.17) is 23.2 Å². The van der Waals surface area contributed by atoms with Gasteiger partial charge in [-0.25, -0.2) is 0 Å². The average molecular weight is 110 g/mol. The Morgan fingerprint density at radius 2 is 1.40 bits per heavy atom. The minimum absolute atomic E-state index is 0.164. The predicted octanol–water partition coefficient (Wildman–Crippen LogP) is 1.42. The third-order valence-electron chi connectivity index (χ3n) is 0.531.